The predicted molar refractivity (Wildman–Crippen MR) is 97.4 cm³/mol. The lowest BCUT2D eigenvalue weighted by Gasteiger charge is -2.29. The van der Waals surface area contributed by atoms with Crippen LogP contribution in [0.3, 0.4) is 0 Å². The van der Waals surface area contributed by atoms with E-state index in [0.717, 1.165) is 17.7 Å². The van der Waals surface area contributed by atoms with Crippen molar-refractivity contribution < 1.29 is 9.59 Å². The van der Waals surface area contributed by atoms with Gasteiger partial charge in [0.2, 0.25) is 11.8 Å². The Labute approximate surface area is 157 Å². The van der Waals surface area contributed by atoms with Gasteiger partial charge >= 0.3 is 0 Å². The normalized spacial score (nSPS) is 22.2. The SMILES string of the molecule is O=C1C[C@@H](C(=O)N2CCc3[nH]nc(C4CC4)c3C2)CN1Cc1cccnc1. The molecule has 0 aromatic carbocycles. The molecule has 5 rings (SSSR count). The van der Waals surface area contributed by atoms with Crippen molar-refractivity contribution >= 4 is 11.8 Å². The summed E-state index contributed by atoms with van der Waals surface area (Å²) in [6, 6.07) is 3.83. The summed E-state index contributed by atoms with van der Waals surface area (Å²) in [5, 5.41) is 7.65. The monoisotopic (exact) mass is 365 g/mol. The molecule has 7 nitrogen and oxygen atoms in total. The zero-order valence-electron chi connectivity index (χ0n) is 15.2. The Kier molecular flexibility index (Phi) is 3.95. The van der Waals surface area contributed by atoms with Gasteiger partial charge in [0, 0.05) is 68.6 Å². The van der Waals surface area contributed by atoms with Crippen LogP contribution in [0.15, 0.2) is 24.5 Å². The fourth-order valence-corrected chi connectivity index (χ4v) is 4.26. The minimum Gasteiger partial charge on any atom is -0.338 e. The third-order valence-corrected chi connectivity index (χ3v) is 5.90. The van der Waals surface area contributed by atoms with Gasteiger partial charge in [0.05, 0.1) is 11.6 Å². The van der Waals surface area contributed by atoms with Crippen LogP contribution < -0.4 is 0 Å². The maximum atomic E-state index is 13.1. The van der Waals surface area contributed by atoms with Crippen LogP contribution in [0.1, 0.15) is 47.7 Å². The first-order valence-corrected chi connectivity index (χ1v) is 9.70. The summed E-state index contributed by atoms with van der Waals surface area (Å²) in [4.78, 5) is 33.3. The Hall–Kier alpha value is -2.70. The van der Waals surface area contributed by atoms with Crippen LogP contribution in [0.25, 0.3) is 0 Å². The molecule has 1 N–H and O–H groups in total. The smallest absolute Gasteiger partial charge is 0.228 e. The molecular weight excluding hydrogens is 342 g/mol. The highest BCUT2D eigenvalue weighted by Gasteiger charge is 2.39. The lowest BCUT2D eigenvalue weighted by atomic mass is 10.0. The number of rotatable bonds is 4. The number of aromatic nitrogens is 3. The summed E-state index contributed by atoms with van der Waals surface area (Å²) in [5.74, 6) is 0.484. The van der Waals surface area contributed by atoms with Crippen LogP contribution >= 0.6 is 0 Å². The summed E-state index contributed by atoms with van der Waals surface area (Å²) in [6.45, 7) is 2.35. The van der Waals surface area contributed by atoms with Crippen molar-refractivity contribution in [3.63, 3.8) is 0 Å². The molecule has 0 unspecified atom stereocenters. The van der Waals surface area contributed by atoms with Gasteiger partial charge in [-0.15, -0.1) is 0 Å². The van der Waals surface area contributed by atoms with Gasteiger partial charge < -0.3 is 9.80 Å². The van der Waals surface area contributed by atoms with E-state index in [0.29, 0.717) is 38.5 Å². The second-order valence-electron chi connectivity index (χ2n) is 7.89. The Morgan fingerprint density at radius 1 is 1.33 bits per heavy atom. The topological polar surface area (TPSA) is 82.2 Å². The number of amides is 2. The van der Waals surface area contributed by atoms with Gasteiger partial charge in [0.25, 0.3) is 0 Å². The number of nitrogens with zero attached hydrogens (tertiary/aromatic N) is 4. The van der Waals surface area contributed by atoms with Crippen LogP contribution in [0.5, 0.6) is 0 Å². The molecule has 0 bridgehead atoms. The summed E-state index contributed by atoms with van der Waals surface area (Å²) in [7, 11) is 0. The molecule has 4 heterocycles. The van der Waals surface area contributed by atoms with Crippen LogP contribution in [0.2, 0.25) is 0 Å². The summed E-state index contributed by atoms with van der Waals surface area (Å²) < 4.78 is 0. The number of aromatic amines is 1. The predicted octanol–water partition coefficient (Wildman–Crippen LogP) is 1.62. The van der Waals surface area contributed by atoms with Crippen molar-refractivity contribution in [2.24, 2.45) is 5.92 Å². The van der Waals surface area contributed by atoms with Crippen molar-refractivity contribution in [1.82, 2.24) is 25.0 Å². The number of nitrogens with one attached hydrogen (secondary N) is 1. The Morgan fingerprint density at radius 3 is 3.00 bits per heavy atom. The van der Waals surface area contributed by atoms with E-state index in [2.05, 4.69) is 15.2 Å². The van der Waals surface area contributed by atoms with Crippen LogP contribution in [-0.2, 0) is 29.1 Å². The number of carbonyl (C=O) groups is 2. The van der Waals surface area contributed by atoms with E-state index < -0.39 is 0 Å². The second-order valence-corrected chi connectivity index (χ2v) is 7.89. The molecule has 2 fully saturated rings. The van der Waals surface area contributed by atoms with Gasteiger partial charge in [0.15, 0.2) is 0 Å². The van der Waals surface area contributed by atoms with Crippen molar-refractivity contribution in [2.75, 3.05) is 13.1 Å². The molecule has 140 valence electrons. The van der Waals surface area contributed by atoms with Gasteiger partial charge in [-0.2, -0.15) is 5.10 Å². The third-order valence-electron chi connectivity index (χ3n) is 5.90. The van der Waals surface area contributed by atoms with Crippen LogP contribution in [0.4, 0.5) is 0 Å². The highest BCUT2D eigenvalue weighted by Crippen LogP contribution is 2.42. The molecule has 1 aliphatic carbocycles. The van der Waals surface area contributed by atoms with Crippen molar-refractivity contribution in [1.29, 1.82) is 0 Å². The first kappa shape index (κ1) is 16.5. The highest BCUT2D eigenvalue weighted by atomic mass is 16.2. The summed E-state index contributed by atoms with van der Waals surface area (Å²) in [5.41, 5.74) is 4.55. The fourth-order valence-electron chi connectivity index (χ4n) is 4.26. The molecule has 2 aliphatic heterocycles. The summed E-state index contributed by atoms with van der Waals surface area (Å²) >= 11 is 0. The average molecular weight is 365 g/mol. The maximum Gasteiger partial charge on any atom is 0.228 e. The van der Waals surface area contributed by atoms with Crippen LogP contribution in [0, 0.1) is 5.92 Å². The third kappa shape index (κ3) is 3.11. The number of H-pyrrole nitrogens is 1. The minimum atomic E-state index is -0.244. The largest absolute Gasteiger partial charge is 0.338 e. The van der Waals surface area contributed by atoms with E-state index in [4.69, 9.17) is 0 Å². The lowest BCUT2D eigenvalue weighted by Crippen LogP contribution is -2.40. The van der Waals surface area contributed by atoms with E-state index in [1.54, 1.807) is 17.3 Å². The molecule has 1 atom stereocenters. The number of hydrogen-bond acceptors (Lipinski definition) is 4. The van der Waals surface area contributed by atoms with E-state index >= 15 is 0 Å². The van der Waals surface area contributed by atoms with Gasteiger partial charge in [-0.1, -0.05) is 6.07 Å². The van der Waals surface area contributed by atoms with E-state index in [-0.39, 0.29) is 17.7 Å². The molecule has 0 spiro atoms. The number of hydrogen-bond donors (Lipinski definition) is 1. The molecule has 3 aliphatic rings. The molecular formula is C20H23N5O2. The van der Waals surface area contributed by atoms with E-state index in [1.807, 2.05) is 17.0 Å². The van der Waals surface area contributed by atoms with Gasteiger partial charge in [-0.05, 0) is 24.5 Å². The molecule has 7 heteroatoms. The van der Waals surface area contributed by atoms with E-state index in [9.17, 15) is 9.59 Å². The molecule has 27 heavy (non-hydrogen) atoms. The number of carbonyl (C=O) groups excluding carboxylic acids is 2. The summed E-state index contributed by atoms with van der Waals surface area (Å²) in [6.07, 6.45) is 7.02. The van der Waals surface area contributed by atoms with Crippen molar-refractivity contribution in [3.05, 3.63) is 47.0 Å². The number of likely N-dealkylation sites (tertiary alicyclic amines) is 1. The highest BCUT2D eigenvalue weighted by molar-refractivity contribution is 5.89. The fraction of sp³-hybridized carbons (Fsp3) is 0.500. The lowest BCUT2D eigenvalue weighted by molar-refractivity contribution is -0.136. The van der Waals surface area contributed by atoms with Gasteiger partial charge in [-0.3, -0.25) is 19.7 Å². The standard InChI is InChI=1S/C20H23N5O2/c26-18-8-15(11-25(18)10-13-2-1-6-21-9-13)20(27)24-7-5-17-16(12-24)19(23-22-17)14-3-4-14/h1-2,6,9,14-15H,3-5,7-8,10-12H2,(H,22,23)/t15-/m1/s1. The number of pyridine rings is 1. The Morgan fingerprint density at radius 2 is 2.22 bits per heavy atom. The second kappa shape index (κ2) is 6.48. The first-order valence-electron chi connectivity index (χ1n) is 9.70. The molecule has 1 saturated heterocycles. The Balaban J connectivity index is 1.26. The van der Waals surface area contributed by atoms with E-state index in [1.165, 1.54) is 24.1 Å². The van der Waals surface area contributed by atoms with Crippen molar-refractivity contribution in [3.8, 4) is 0 Å². The molecule has 1 saturated carbocycles. The average Bonchev–Trinajstić information content (AvgIpc) is 3.35. The molecule has 2 amide bonds. The molecule has 2 aromatic rings. The maximum absolute atomic E-state index is 13.1. The Bertz CT molecular complexity index is 874. The zero-order chi connectivity index (χ0) is 18.4. The van der Waals surface area contributed by atoms with Crippen molar-refractivity contribution in [2.45, 2.75) is 44.7 Å². The zero-order valence-corrected chi connectivity index (χ0v) is 15.2. The molecule has 2 aromatic heterocycles. The number of fused-ring (bicyclic) bond motifs is 1. The molecule has 0 radical (unpaired) electrons. The van der Waals surface area contributed by atoms with Crippen LogP contribution in [-0.4, -0.2) is 49.9 Å². The minimum absolute atomic E-state index is 0.0527. The van der Waals surface area contributed by atoms with Gasteiger partial charge in [0.1, 0.15) is 0 Å². The first-order chi connectivity index (χ1) is 13.2. The van der Waals surface area contributed by atoms with Gasteiger partial charge in [-0.25, -0.2) is 0 Å². The quantitative estimate of drug-likeness (QED) is 0.893.